The van der Waals surface area contributed by atoms with Crippen LogP contribution in [0, 0.1) is 5.92 Å². The number of unbranched alkanes of at least 4 members (excludes halogenated alkanes) is 4. The van der Waals surface area contributed by atoms with E-state index in [0.29, 0.717) is 12.8 Å². The standard InChI is InChI=1S/C34H41F5O4.C2H6/c1-4-43-32(40)25(12-10-22-33(35,36)34(37,38)39)11-8-6-5-7-9-13-31-29(24-14-17-27(41-2)18-15-24)20-16-26-23-28(42-3)19-21-30(26)31;1-2/h14-21,23,25H,4-13,22H2,1-3H3;1-2H3. The Morgan fingerprint density at radius 1 is 0.756 bits per heavy atom. The number of halogens is 5. The lowest BCUT2D eigenvalue weighted by Crippen LogP contribution is -2.36. The number of hydrogen-bond donors (Lipinski definition) is 0. The topological polar surface area (TPSA) is 44.8 Å². The zero-order valence-corrected chi connectivity index (χ0v) is 27.1. The van der Waals surface area contributed by atoms with Crippen LogP contribution in [0.25, 0.3) is 21.9 Å². The second-order valence-electron chi connectivity index (χ2n) is 10.8. The number of carbonyl (C=O) groups excluding carboxylic acids is 1. The molecule has 0 heterocycles. The van der Waals surface area contributed by atoms with E-state index in [1.165, 1.54) is 10.9 Å². The van der Waals surface area contributed by atoms with Crippen LogP contribution in [0.15, 0.2) is 54.6 Å². The van der Waals surface area contributed by atoms with Gasteiger partial charge in [0.2, 0.25) is 0 Å². The summed E-state index contributed by atoms with van der Waals surface area (Å²) in [7, 11) is 3.29. The van der Waals surface area contributed by atoms with Crippen LogP contribution in [-0.2, 0) is 16.0 Å². The van der Waals surface area contributed by atoms with E-state index in [-0.39, 0.29) is 13.0 Å². The summed E-state index contributed by atoms with van der Waals surface area (Å²) < 4.78 is 79.8. The van der Waals surface area contributed by atoms with Crippen LogP contribution < -0.4 is 9.47 Å². The molecule has 0 N–H and O–H groups in total. The molecule has 0 aliphatic heterocycles. The largest absolute Gasteiger partial charge is 0.497 e. The van der Waals surface area contributed by atoms with E-state index >= 15 is 0 Å². The summed E-state index contributed by atoms with van der Waals surface area (Å²) in [5, 5.41) is 2.27. The van der Waals surface area contributed by atoms with Gasteiger partial charge in [-0.05, 0) is 90.8 Å². The van der Waals surface area contributed by atoms with Gasteiger partial charge in [0.05, 0.1) is 26.7 Å². The van der Waals surface area contributed by atoms with Gasteiger partial charge in [-0.3, -0.25) is 4.79 Å². The van der Waals surface area contributed by atoms with Crippen LogP contribution in [0.4, 0.5) is 22.0 Å². The van der Waals surface area contributed by atoms with E-state index in [2.05, 4.69) is 30.3 Å². The second kappa shape index (κ2) is 18.6. The maximum Gasteiger partial charge on any atom is 0.453 e. The summed E-state index contributed by atoms with van der Waals surface area (Å²) >= 11 is 0. The van der Waals surface area contributed by atoms with Crippen molar-refractivity contribution in [1.29, 1.82) is 0 Å². The van der Waals surface area contributed by atoms with Gasteiger partial charge < -0.3 is 14.2 Å². The summed E-state index contributed by atoms with van der Waals surface area (Å²) in [5.41, 5.74) is 3.52. The van der Waals surface area contributed by atoms with Crippen LogP contribution in [0.5, 0.6) is 11.5 Å². The monoisotopic (exact) mass is 638 g/mol. The molecule has 0 aliphatic carbocycles. The first kappa shape index (κ1) is 37.8. The molecular weight excluding hydrogens is 591 g/mol. The summed E-state index contributed by atoms with van der Waals surface area (Å²) in [6, 6.07) is 18.3. The Bertz CT molecular complexity index is 1310. The van der Waals surface area contributed by atoms with Gasteiger partial charge in [-0.1, -0.05) is 69.9 Å². The molecule has 0 fully saturated rings. The van der Waals surface area contributed by atoms with E-state index < -0.39 is 36.8 Å². The number of aryl methyl sites for hydroxylation is 1. The number of carbonyl (C=O) groups is 1. The van der Waals surface area contributed by atoms with Gasteiger partial charge in [-0.2, -0.15) is 22.0 Å². The smallest absolute Gasteiger partial charge is 0.453 e. The van der Waals surface area contributed by atoms with Gasteiger partial charge in [0, 0.05) is 6.42 Å². The Kier molecular flexibility index (Phi) is 15.6. The third kappa shape index (κ3) is 11.2. The molecule has 0 aliphatic rings. The molecule has 0 saturated carbocycles. The highest BCUT2D eigenvalue weighted by molar-refractivity contribution is 5.92. The molecule has 0 bridgehead atoms. The lowest BCUT2D eigenvalue weighted by Gasteiger charge is -2.21. The number of esters is 1. The van der Waals surface area contributed by atoms with E-state index in [9.17, 15) is 26.7 Å². The van der Waals surface area contributed by atoms with E-state index in [1.54, 1.807) is 21.1 Å². The molecule has 45 heavy (non-hydrogen) atoms. The van der Waals surface area contributed by atoms with Crippen molar-refractivity contribution in [3.8, 4) is 22.6 Å². The van der Waals surface area contributed by atoms with Crippen LogP contribution in [0.2, 0.25) is 0 Å². The normalized spacial score (nSPS) is 12.3. The molecule has 4 nitrogen and oxygen atoms in total. The van der Waals surface area contributed by atoms with Crippen molar-refractivity contribution in [1.82, 2.24) is 0 Å². The Morgan fingerprint density at radius 3 is 1.98 bits per heavy atom. The van der Waals surface area contributed by atoms with E-state index in [4.69, 9.17) is 14.2 Å². The molecule has 0 aromatic heterocycles. The van der Waals surface area contributed by atoms with Crippen molar-refractivity contribution in [2.45, 2.75) is 97.1 Å². The Balaban J connectivity index is 0.00000345. The van der Waals surface area contributed by atoms with Crippen molar-refractivity contribution >= 4 is 16.7 Å². The van der Waals surface area contributed by atoms with Gasteiger partial charge in [-0.25, -0.2) is 0 Å². The molecule has 3 aromatic carbocycles. The zero-order chi connectivity index (χ0) is 33.5. The maximum absolute atomic E-state index is 13.3. The number of alkyl halides is 5. The fraction of sp³-hybridized carbons (Fsp3) is 0.528. The molecule has 0 radical (unpaired) electrons. The first-order valence-electron chi connectivity index (χ1n) is 15.9. The number of fused-ring (bicyclic) bond motifs is 1. The highest BCUT2D eigenvalue weighted by Crippen LogP contribution is 2.40. The van der Waals surface area contributed by atoms with Gasteiger partial charge >= 0.3 is 18.1 Å². The van der Waals surface area contributed by atoms with Crippen LogP contribution >= 0.6 is 0 Å². The minimum absolute atomic E-state index is 0.0511. The molecule has 0 spiro atoms. The fourth-order valence-corrected chi connectivity index (χ4v) is 5.38. The Hall–Kier alpha value is -3.36. The third-order valence-corrected chi connectivity index (χ3v) is 7.80. The van der Waals surface area contributed by atoms with Gasteiger partial charge in [0.1, 0.15) is 11.5 Å². The van der Waals surface area contributed by atoms with Gasteiger partial charge in [-0.15, -0.1) is 0 Å². The molecule has 9 heteroatoms. The zero-order valence-electron chi connectivity index (χ0n) is 27.1. The number of rotatable bonds is 17. The molecule has 250 valence electrons. The quantitative estimate of drug-likeness (QED) is 0.0838. The van der Waals surface area contributed by atoms with E-state index in [0.717, 1.165) is 60.1 Å². The average molecular weight is 639 g/mol. The SMILES string of the molecule is CC.CCOC(=O)C(CCCCCCCc1c(-c2ccc(OC)cc2)ccc2cc(OC)ccc12)CCCC(F)(F)C(F)(F)F. The number of benzene rings is 3. The third-order valence-electron chi connectivity index (χ3n) is 7.80. The first-order chi connectivity index (χ1) is 21.5. The average Bonchev–Trinajstić information content (AvgIpc) is 3.03. The number of hydrogen-bond acceptors (Lipinski definition) is 4. The highest BCUT2D eigenvalue weighted by Gasteiger charge is 2.56. The van der Waals surface area contributed by atoms with Crippen molar-refractivity contribution in [3.05, 3.63) is 60.2 Å². The van der Waals surface area contributed by atoms with Crippen molar-refractivity contribution in [2.75, 3.05) is 20.8 Å². The summed E-state index contributed by atoms with van der Waals surface area (Å²) in [4.78, 5) is 12.3. The van der Waals surface area contributed by atoms with Crippen molar-refractivity contribution < 1.29 is 41.0 Å². The Morgan fingerprint density at radius 2 is 1.36 bits per heavy atom. The molecular formula is C36H47F5O4. The minimum Gasteiger partial charge on any atom is -0.497 e. The van der Waals surface area contributed by atoms with Crippen LogP contribution in [0.3, 0.4) is 0 Å². The predicted octanol–water partition coefficient (Wildman–Crippen LogP) is 11.0. The van der Waals surface area contributed by atoms with Gasteiger partial charge in [0.15, 0.2) is 0 Å². The Labute approximate surface area is 264 Å². The molecule has 1 atom stereocenters. The molecule has 0 amide bonds. The summed E-state index contributed by atoms with van der Waals surface area (Å²) in [5.74, 6) is -4.37. The van der Waals surface area contributed by atoms with Crippen LogP contribution in [0.1, 0.15) is 84.1 Å². The molecule has 3 aromatic rings. The molecule has 1 unspecified atom stereocenters. The van der Waals surface area contributed by atoms with E-state index in [1.807, 2.05) is 38.1 Å². The van der Waals surface area contributed by atoms with Crippen LogP contribution in [-0.4, -0.2) is 38.9 Å². The maximum atomic E-state index is 13.3. The lowest BCUT2D eigenvalue weighted by molar-refractivity contribution is -0.284. The fourth-order valence-electron chi connectivity index (χ4n) is 5.38. The lowest BCUT2D eigenvalue weighted by atomic mass is 9.90. The molecule has 0 saturated heterocycles. The number of ether oxygens (including phenoxy) is 3. The molecule has 3 rings (SSSR count). The van der Waals surface area contributed by atoms with Gasteiger partial charge in [0.25, 0.3) is 0 Å². The highest BCUT2D eigenvalue weighted by atomic mass is 19.4. The van der Waals surface area contributed by atoms with Crippen molar-refractivity contribution in [2.24, 2.45) is 5.92 Å². The summed E-state index contributed by atoms with van der Waals surface area (Å²) in [6.45, 7) is 5.77. The predicted molar refractivity (Wildman–Crippen MR) is 170 cm³/mol. The second-order valence-corrected chi connectivity index (χ2v) is 10.8. The minimum atomic E-state index is -5.58. The first-order valence-corrected chi connectivity index (χ1v) is 15.9. The van der Waals surface area contributed by atoms with Crippen molar-refractivity contribution in [3.63, 3.8) is 0 Å². The summed E-state index contributed by atoms with van der Waals surface area (Å²) in [6.07, 6.45) is -1.78. The number of methoxy groups -OCH3 is 2.